The Morgan fingerprint density at radius 1 is 1.04 bits per heavy atom. The van der Waals surface area contributed by atoms with E-state index in [0.717, 1.165) is 29.0 Å². The van der Waals surface area contributed by atoms with Crippen LogP contribution in [0, 0.1) is 13.8 Å². The first-order chi connectivity index (χ1) is 12.4. The number of amides is 2. The van der Waals surface area contributed by atoms with Crippen LogP contribution in [0.1, 0.15) is 34.8 Å². The van der Waals surface area contributed by atoms with Crippen molar-refractivity contribution in [1.29, 1.82) is 0 Å². The fraction of sp³-hybridized carbons (Fsp3) is 0.333. The molecule has 0 aliphatic heterocycles. The van der Waals surface area contributed by atoms with Gasteiger partial charge in [-0.2, -0.15) is 0 Å². The van der Waals surface area contributed by atoms with Crippen molar-refractivity contribution in [3.05, 3.63) is 59.2 Å². The first-order valence-corrected chi connectivity index (χ1v) is 8.76. The average Bonchev–Trinajstić information content (AvgIpc) is 2.63. The molecule has 2 rings (SSSR count). The van der Waals surface area contributed by atoms with Crippen LogP contribution in [0.4, 0.5) is 5.69 Å². The quantitative estimate of drug-likeness (QED) is 0.823. The van der Waals surface area contributed by atoms with Crippen LogP contribution >= 0.6 is 0 Å². The molecule has 0 bridgehead atoms. The van der Waals surface area contributed by atoms with Gasteiger partial charge in [-0.25, -0.2) is 0 Å². The fourth-order valence-electron chi connectivity index (χ4n) is 2.61. The van der Waals surface area contributed by atoms with Gasteiger partial charge in [0.05, 0.1) is 13.2 Å². The van der Waals surface area contributed by atoms with Crippen molar-refractivity contribution in [3.63, 3.8) is 0 Å². The molecule has 0 radical (unpaired) electrons. The maximum atomic E-state index is 12.5. The zero-order chi connectivity index (χ0) is 19.1. The van der Waals surface area contributed by atoms with Crippen LogP contribution < -0.4 is 10.1 Å². The summed E-state index contributed by atoms with van der Waals surface area (Å²) >= 11 is 0. The Morgan fingerprint density at radius 3 is 2.23 bits per heavy atom. The maximum Gasteiger partial charge on any atom is 0.254 e. The number of carbonyl (C=O) groups is 2. The first-order valence-electron chi connectivity index (χ1n) is 8.76. The van der Waals surface area contributed by atoms with E-state index < -0.39 is 0 Å². The molecular formula is C21H26N2O3. The molecule has 0 saturated carbocycles. The van der Waals surface area contributed by atoms with Gasteiger partial charge in [-0.05, 0) is 55.7 Å². The molecule has 5 nitrogen and oxygen atoms in total. The lowest BCUT2D eigenvalue weighted by molar-refractivity contribution is -0.116. The molecule has 1 N–H and O–H groups in total. The highest BCUT2D eigenvalue weighted by molar-refractivity contribution is 5.99. The zero-order valence-electron chi connectivity index (χ0n) is 15.8. The minimum atomic E-state index is -0.221. The number of hydrogen-bond donors (Lipinski definition) is 1. The minimum absolute atomic E-state index is 0.0132. The molecule has 0 saturated heterocycles. The second-order valence-electron chi connectivity index (χ2n) is 6.35. The topological polar surface area (TPSA) is 58.6 Å². The highest BCUT2D eigenvalue weighted by Gasteiger charge is 2.16. The van der Waals surface area contributed by atoms with Gasteiger partial charge in [0, 0.05) is 18.3 Å². The van der Waals surface area contributed by atoms with Crippen LogP contribution in [0.5, 0.6) is 5.75 Å². The molecule has 0 aromatic heterocycles. The lowest BCUT2D eigenvalue weighted by atomic mass is 10.1. The number of benzene rings is 2. The van der Waals surface area contributed by atoms with Crippen LogP contribution in [0.3, 0.4) is 0 Å². The Morgan fingerprint density at radius 2 is 1.65 bits per heavy atom. The Bertz CT molecular complexity index is 749. The highest BCUT2D eigenvalue weighted by Crippen LogP contribution is 2.19. The number of aryl methyl sites for hydroxylation is 2. The highest BCUT2D eigenvalue weighted by atomic mass is 16.5. The number of nitrogens with zero attached hydrogens (tertiary/aromatic N) is 1. The van der Waals surface area contributed by atoms with E-state index in [4.69, 9.17) is 4.74 Å². The Hall–Kier alpha value is -2.82. The lowest BCUT2D eigenvalue weighted by Gasteiger charge is -2.18. The Kier molecular flexibility index (Phi) is 6.78. The summed E-state index contributed by atoms with van der Waals surface area (Å²) in [7, 11) is 1.62. The predicted octanol–water partition coefficient (Wildman–Crippen LogP) is 3.80. The minimum Gasteiger partial charge on any atom is -0.494 e. The second kappa shape index (κ2) is 9.04. The van der Waals surface area contributed by atoms with Crippen LogP contribution in [0.15, 0.2) is 42.5 Å². The lowest BCUT2D eigenvalue weighted by Crippen LogP contribution is -2.35. The summed E-state index contributed by atoms with van der Waals surface area (Å²) in [6.45, 7) is 6.56. The molecule has 0 atom stereocenters. The standard InChI is InChI=1S/C21H26N2O3/c1-5-13-26-18-11-9-17(10-12-18)21(25)23(4)14-19(24)22-20-15(2)7-6-8-16(20)3/h6-12H,5,13-14H2,1-4H3,(H,22,24). The Balaban J connectivity index is 1.96. The number of nitrogens with one attached hydrogen (secondary N) is 1. The van der Waals surface area contributed by atoms with Gasteiger partial charge in [-0.1, -0.05) is 25.1 Å². The molecule has 2 aromatic carbocycles. The van der Waals surface area contributed by atoms with Crippen molar-refractivity contribution >= 4 is 17.5 Å². The van der Waals surface area contributed by atoms with Gasteiger partial charge < -0.3 is 15.0 Å². The summed E-state index contributed by atoms with van der Waals surface area (Å²) in [5.74, 6) is 0.309. The molecule has 0 aliphatic rings. The van der Waals surface area contributed by atoms with Crippen molar-refractivity contribution < 1.29 is 14.3 Å². The number of anilines is 1. The Labute approximate surface area is 155 Å². The summed E-state index contributed by atoms with van der Waals surface area (Å²) in [5.41, 5.74) is 3.32. The number of hydrogen-bond acceptors (Lipinski definition) is 3. The van der Waals surface area contributed by atoms with Crippen LogP contribution in [-0.2, 0) is 4.79 Å². The van der Waals surface area contributed by atoms with Gasteiger partial charge in [0.1, 0.15) is 5.75 Å². The summed E-state index contributed by atoms with van der Waals surface area (Å²) in [4.78, 5) is 26.2. The smallest absolute Gasteiger partial charge is 0.254 e. The molecular weight excluding hydrogens is 328 g/mol. The van der Waals surface area contributed by atoms with E-state index in [-0.39, 0.29) is 18.4 Å². The van der Waals surface area contributed by atoms with E-state index in [9.17, 15) is 9.59 Å². The van der Waals surface area contributed by atoms with Gasteiger partial charge in [0.15, 0.2) is 0 Å². The van der Waals surface area contributed by atoms with Gasteiger partial charge in [0.25, 0.3) is 5.91 Å². The van der Waals surface area contributed by atoms with Crippen LogP contribution in [-0.4, -0.2) is 36.9 Å². The average molecular weight is 354 g/mol. The molecule has 0 spiro atoms. The molecule has 0 unspecified atom stereocenters. The van der Waals surface area contributed by atoms with E-state index in [2.05, 4.69) is 5.32 Å². The number of carbonyl (C=O) groups excluding carboxylic acids is 2. The fourth-order valence-corrected chi connectivity index (χ4v) is 2.61. The largest absolute Gasteiger partial charge is 0.494 e. The second-order valence-corrected chi connectivity index (χ2v) is 6.35. The SMILES string of the molecule is CCCOc1ccc(C(=O)N(C)CC(=O)Nc2c(C)cccc2C)cc1. The molecule has 2 amide bonds. The number of para-hydroxylation sites is 1. The third-order valence-corrected chi connectivity index (χ3v) is 4.05. The van der Waals surface area contributed by atoms with E-state index in [1.807, 2.05) is 39.0 Å². The molecule has 0 fully saturated rings. The van der Waals surface area contributed by atoms with Gasteiger partial charge in [-0.3, -0.25) is 9.59 Å². The predicted molar refractivity (Wildman–Crippen MR) is 104 cm³/mol. The monoisotopic (exact) mass is 354 g/mol. The molecule has 0 heterocycles. The zero-order valence-corrected chi connectivity index (χ0v) is 15.8. The van der Waals surface area contributed by atoms with Crippen molar-refractivity contribution in [3.8, 4) is 5.75 Å². The number of ether oxygens (including phenoxy) is 1. The molecule has 26 heavy (non-hydrogen) atoms. The van der Waals surface area contributed by atoms with E-state index in [0.29, 0.717) is 12.2 Å². The van der Waals surface area contributed by atoms with Crippen molar-refractivity contribution in [1.82, 2.24) is 4.90 Å². The summed E-state index contributed by atoms with van der Waals surface area (Å²) in [6.07, 6.45) is 0.929. The van der Waals surface area contributed by atoms with Gasteiger partial charge in [-0.15, -0.1) is 0 Å². The summed E-state index contributed by atoms with van der Waals surface area (Å²) in [5, 5.41) is 2.90. The van der Waals surface area contributed by atoms with Gasteiger partial charge in [0.2, 0.25) is 5.91 Å². The summed E-state index contributed by atoms with van der Waals surface area (Å²) in [6, 6.07) is 12.8. The van der Waals surface area contributed by atoms with E-state index >= 15 is 0 Å². The van der Waals surface area contributed by atoms with Crippen molar-refractivity contribution in [2.24, 2.45) is 0 Å². The summed E-state index contributed by atoms with van der Waals surface area (Å²) < 4.78 is 5.51. The molecule has 0 aliphatic carbocycles. The van der Waals surface area contributed by atoms with Crippen LogP contribution in [0.2, 0.25) is 0 Å². The van der Waals surface area contributed by atoms with E-state index in [1.54, 1.807) is 31.3 Å². The van der Waals surface area contributed by atoms with Gasteiger partial charge >= 0.3 is 0 Å². The first kappa shape index (κ1) is 19.5. The van der Waals surface area contributed by atoms with Crippen LogP contribution in [0.25, 0.3) is 0 Å². The number of likely N-dealkylation sites (N-methyl/N-ethyl adjacent to an activating group) is 1. The van der Waals surface area contributed by atoms with Crippen molar-refractivity contribution in [2.75, 3.05) is 25.5 Å². The number of rotatable bonds is 7. The molecule has 2 aromatic rings. The van der Waals surface area contributed by atoms with Crippen molar-refractivity contribution in [2.45, 2.75) is 27.2 Å². The normalized spacial score (nSPS) is 10.3. The molecule has 5 heteroatoms. The van der Waals surface area contributed by atoms with E-state index in [1.165, 1.54) is 4.90 Å². The molecule has 138 valence electrons. The third-order valence-electron chi connectivity index (χ3n) is 4.05. The maximum absolute atomic E-state index is 12.5. The third kappa shape index (κ3) is 5.09.